The van der Waals surface area contributed by atoms with Crippen molar-refractivity contribution in [2.24, 2.45) is 12.2 Å². The van der Waals surface area contributed by atoms with E-state index in [9.17, 15) is 10.0 Å². The zero-order valence-corrected chi connectivity index (χ0v) is 18.3. The van der Waals surface area contributed by atoms with E-state index in [1.165, 1.54) is 5.69 Å². The Labute approximate surface area is 183 Å². The van der Waals surface area contributed by atoms with Gasteiger partial charge in [-0.15, -0.1) is 0 Å². The van der Waals surface area contributed by atoms with Crippen molar-refractivity contribution in [1.29, 1.82) is 0 Å². The number of rotatable bonds is 6. The number of benzene rings is 1. The number of oxime groups is 1. The Morgan fingerprint density at radius 1 is 1.10 bits per heavy atom. The van der Waals surface area contributed by atoms with Crippen LogP contribution in [0.15, 0.2) is 41.7 Å². The van der Waals surface area contributed by atoms with Crippen molar-refractivity contribution in [3.8, 4) is 5.75 Å². The van der Waals surface area contributed by atoms with Gasteiger partial charge in [0.2, 0.25) is 0 Å². The van der Waals surface area contributed by atoms with Gasteiger partial charge in [-0.2, -0.15) is 0 Å². The molecule has 8 heteroatoms. The van der Waals surface area contributed by atoms with Crippen LogP contribution in [0.5, 0.6) is 5.75 Å². The first-order valence-electron chi connectivity index (χ1n) is 10.9. The SMILES string of the molecule is COc1cccc(N2CCN(CCCN3CC/C(=N/O)c4ccn(C)c4C3=O)CC2)c1. The summed E-state index contributed by atoms with van der Waals surface area (Å²) in [6.45, 7) is 6.24. The van der Waals surface area contributed by atoms with Gasteiger partial charge in [0.05, 0.1) is 12.8 Å². The Bertz CT molecular complexity index is 946. The first-order valence-corrected chi connectivity index (χ1v) is 10.9. The summed E-state index contributed by atoms with van der Waals surface area (Å²) in [5.41, 5.74) is 3.14. The fourth-order valence-electron chi connectivity index (χ4n) is 4.49. The number of anilines is 1. The lowest BCUT2D eigenvalue weighted by Crippen LogP contribution is -2.47. The normalized spacial score (nSPS) is 18.9. The number of piperazine rings is 1. The number of carbonyl (C=O) groups is 1. The number of nitrogens with zero attached hydrogens (tertiary/aromatic N) is 5. The van der Waals surface area contributed by atoms with Gasteiger partial charge in [-0.25, -0.2) is 0 Å². The van der Waals surface area contributed by atoms with E-state index in [-0.39, 0.29) is 5.91 Å². The quantitative estimate of drug-likeness (QED) is 0.568. The van der Waals surface area contributed by atoms with Crippen LogP contribution >= 0.6 is 0 Å². The molecule has 0 bridgehead atoms. The van der Waals surface area contributed by atoms with Crippen molar-refractivity contribution in [2.75, 3.05) is 57.8 Å². The fraction of sp³-hybridized carbons (Fsp3) is 0.478. The Kier molecular flexibility index (Phi) is 6.46. The summed E-state index contributed by atoms with van der Waals surface area (Å²) in [5, 5.41) is 12.8. The number of fused-ring (bicyclic) bond motifs is 1. The predicted octanol–water partition coefficient (Wildman–Crippen LogP) is 2.27. The molecular formula is C23H31N5O3. The van der Waals surface area contributed by atoms with E-state index in [2.05, 4.69) is 27.1 Å². The van der Waals surface area contributed by atoms with Gasteiger partial charge in [0, 0.05) is 76.3 Å². The van der Waals surface area contributed by atoms with Crippen molar-refractivity contribution < 1.29 is 14.7 Å². The fourth-order valence-corrected chi connectivity index (χ4v) is 4.49. The molecule has 0 atom stereocenters. The molecule has 1 amide bonds. The molecule has 0 radical (unpaired) electrons. The van der Waals surface area contributed by atoms with E-state index in [0.717, 1.165) is 50.5 Å². The highest BCUT2D eigenvalue weighted by Gasteiger charge is 2.28. The van der Waals surface area contributed by atoms with E-state index in [1.54, 1.807) is 7.11 Å². The van der Waals surface area contributed by atoms with Crippen LogP contribution in [0.1, 0.15) is 28.9 Å². The molecule has 1 N–H and O–H groups in total. The van der Waals surface area contributed by atoms with Gasteiger partial charge < -0.3 is 24.3 Å². The van der Waals surface area contributed by atoms with Crippen molar-refractivity contribution in [1.82, 2.24) is 14.4 Å². The molecule has 31 heavy (non-hydrogen) atoms. The van der Waals surface area contributed by atoms with Crippen molar-refractivity contribution in [3.05, 3.63) is 47.8 Å². The Balaban J connectivity index is 1.28. The van der Waals surface area contributed by atoms with Crippen LogP contribution in [0, 0.1) is 0 Å². The van der Waals surface area contributed by atoms with Gasteiger partial charge in [0.1, 0.15) is 11.4 Å². The topological polar surface area (TPSA) is 73.5 Å². The molecule has 0 aliphatic carbocycles. The lowest BCUT2D eigenvalue weighted by molar-refractivity contribution is 0.0745. The number of ether oxygens (including phenoxy) is 1. The molecule has 4 rings (SSSR count). The Morgan fingerprint density at radius 3 is 2.65 bits per heavy atom. The van der Waals surface area contributed by atoms with Crippen LogP contribution < -0.4 is 9.64 Å². The summed E-state index contributed by atoms with van der Waals surface area (Å²) in [6.07, 6.45) is 3.34. The number of aryl methyl sites for hydroxylation is 1. The van der Waals surface area contributed by atoms with E-state index >= 15 is 0 Å². The molecule has 0 unspecified atom stereocenters. The monoisotopic (exact) mass is 425 g/mol. The molecule has 1 aromatic carbocycles. The maximum absolute atomic E-state index is 13.1. The van der Waals surface area contributed by atoms with Crippen molar-refractivity contribution >= 4 is 17.3 Å². The van der Waals surface area contributed by atoms with Crippen LogP contribution in [-0.4, -0.2) is 84.1 Å². The first kappa shape index (κ1) is 21.2. The molecule has 0 spiro atoms. The maximum Gasteiger partial charge on any atom is 0.271 e. The van der Waals surface area contributed by atoms with Gasteiger partial charge >= 0.3 is 0 Å². The van der Waals surface area contributed by atoms with E-state index < -0.39 is 0 Å². The highest BCUT2D eigenvalue weighted by atomic mass is 16.5. The number of hydrogen-bond acceptors (Lipinski definition) is 6. The van der Waals surface area contributed by atoms with E-state index in [0.29, 0.717) is 30.9 Å². The standard InChI is InChI=1S/C23H31N5O3/c1-25-11-7-20-21(24-30)8-12-28(23(29)22(20)25)10-4-9-26-13-15-27(16-14-26)18-5-3-6-19(17-18)31-2/h3,5-7,11,17,30H,4,8-10,12-16H2,1-2H3/b24-21-. The summed E-state index contributed by atoms with van der Waals surface area (Å²) in [5.74, 6) is 0.904. The van der Waals surface area contributed by atoms with Gasteiger partial charge in [0.15, 0.2) is 0 Å². The Hall–Kier alpha value is -3.00. The second-order valence-corrected chi connectivity index (χ2v) is 8.16. The second kappa shape index (κ2) is 9.43. The number of hydrogen-bond donors (Lipinski definition) is 1. The van der Waals surface area contributed by atoms with Crippen LogP contribution in [-0.2, 0) is 7.05 Å². The zero-order chi connectivity index (χ0) is 21.8. The molecule has 2 aliphatic heterocycles. The average molecular weight is 426 g/mol. The average Bonchev–Trinajstić information content (AvgIpc) is 3.13. The summed E-state index contributed by atoms with van der Waals surface area (Å²) < 4.78 is 7.16. The zero-order valence-electron chi connectivity index (χ0n) is 18.3. The lowest BCUT2D eigenvalue weighted by atomic mass is 10.1. The minimum atomic E-state index is 0.0176. The highest BCUT2D eigenvalue weighted by molar-refractivity contribution is 6.11. The number of amides is 1. The predicted molar refractivity (Wildman–Crippen MR) is 121 cm³/mol. The van der Waals surface area contributed by atoms with Gasteiger partial charge in [0.25, 0.3) is 5.91 Å². The van der Waals surface area contributed by atoms with Crippen molar-refractivity contribution in [2.45, 2.75) is 12.8 Å². The maximum atomic E-state index is 13.1. The molecule has 0 saturated carbocycles. The molecule has 2 aromatic rings. The molecule has 1 saturated heterocycles. The molecule has 2 aliphatic rings. The largest absolute Gasteiger partial charge is 0.497 e. The van der Waals surface area contributed by atoms with E-state index in [1.807, 2.05) is 40.9 Å². The molecule has 8 nitrogen and oxygen atoms in total. The third kappa shape index (κ3) is 4.54. The minimum absolute atomic E-state index is 0.0176. The van der Waals surface area contributed by atoms with Crippen LogP contribution in [0.3, 0.4) is 0 Å². The highest BCUT2D eigenvalue weighted by Crippen LogP contribution is 2.23. The smallest absolute Gasteiger partial charge is 0.271 e. The third-order valence-corrected chi connectivity index (χ3v) is 6.31. The molecule has 1 fully saturated rings. The summed E-state index contributed by atoms with van der Waals surface area (Å²) >= 11 is 0. The number of carbonyl (C=O) groups excluding carboxylic acids is 1. The molecule has 166 valence electrons. The van der Waals surface area contributed by atoms with Gasteiger partial charge in [-0.05, 0) is 31.2 Å². The number of aromatic nitrogens is 1. The molecule has 1 aromatic heterocycles. The Morgan fingerprint density at radius 2 is 1.90 bits per heavy atom. The molecule has 3 heterocycles. The second-order valence-electron chi connectivity index (χ2n) is 8.16. The van der Waals surface area contributed by atoms with E-state index in [4.69, 9.17) is 4.74 Å². The van der Waals surface area contributed by atoms with Crippen LogP contribution in [0.4, 0.5) is 5.69 Å². The minimum Gasteiger partial charge on any atom is -0.497 e. The van der Waals surface area contributed by atoms with Crippen LogP contribution in [0.2, 0.25) is 0 Å². The van der Waals surface area contributed by atoms with Gasteiger partial charge in [-0.3, -0.25) is 9.69 Å². The summed E-state index contributed by atoms with van der Waals surface area (Å²) in [6, 6.07) is 10.1. The van der Waals surface area contributed by atoms with Gasteiger partial charge in [-0.1, -0.05) is 11.2 Å². The summed E-state index contributed by atoms with van der Waals surface area (Å²) in [7, 11) is 3.55. The summed E-state index contributed by atoms with van der Waals surface area (Å²) in [4.78, 5) is 19.8. The first-order chi connectivity index (χ1) is 15.1. The van der Waals surface area contributed by atoms with Crippen LogP contribution in [0.25, 0.3) is 0 Å². The van der Waals surface area contributed by atoms with Crippen molar-refractivity contribution in [3.63, 3.8) is 0 Å². The third-order valence-electron chi connectivity index (χ3n) is 6.31. The molecular weight excluding hydrogens is 394 g/mol. The lowest BCUT2D eigenvalue weighted by Gasteiger charge is -2.36. The number of methoxy groups -OCH3 is 1.